The summed E-state index contributed by atoms with van der Waals surface area (Å²) < 4.78 is 104. The summed E-state index contributed by atoms with van der Waals surface area (Å²) in [7, 11) is 1.60. The van der Waals surface area contributed by atoms with Gasteiger partial charge in [-0.15, -0.1) is 0 Å². The number of carbonyl (C=O) groups excluding carboxylic acids is 16. The van der Waals surface area contributed by atoms with Crippen molar-refractivity contribution in [1.82, 2.24) is 36.8 Å². The average molecular weight is 1800 g/mol. The van der Waals surface area contributed by atoms with Crippen LogP contribution in [-0.4, -0.2) is 314 Å². The van der Waals surface area contributed by atoms with Crippen molar-refractivity contribution in [2.45, 2.75) is 322 Å². The van der Waals surface area contributed by atoms with Gasteiger partial charge >= 0.3 is 59.7 Å². The second kappa shape index (κ2) is 59.4. The Morgan fingerprint density at radius 2 is 0.659 bits per heavy atom. The number of hydrogen-bond acceptors (Lipinski definition) is 35. The standard InChI is InChI=1S/C83H131N7O36/c1-48(91)87-70-77(121-57(10)100)74(118-54(7)97)63(45-115-51(4)94)124-81(70)112-37-26-17-14-22-33-84-66(103)30-40-109-61-43-60(80(108)90(13)36-25-20-21-29-69(106)107)44-62(110-41-31-67(104)85-34-23-15-18-27-38-113-82-71(88-49(2)92)78(122-58(11)101)75(119-55(8)98)64(125-82)46-116-52(5)95)73(61)111-42-32-68(105)86-35-24-16-19-28-39-114-83-72(89-50(3)93)79(123-59(12)102)76(120-56(9)99)65(126-83)47-117-53(6)96/h43,61-65,70-79,81-83H,14-42,44-47H2,1-13H3,(H,84,103)(H,85,104)(H,86,105)(H,87,91)(H,88,92)(H,89,93)(H,106,107)/t61-,62-,63-,64-,65-,70-,71-,72-,73-,74+,75+,76+,77-,78-,79-,81-,82?,83-/m1/s1. The van der Waals surface area contributed by atoms with E-state index in [1.165, 1.54) is 46.4 Å². The minimum absolute atomic E-state index is 0.0384. The van der Waals surface area contributed by atoms with E-state index in [4.69, 9.17) is 85.3 Å². The van der Waals surface area contributed by atoms with E-state index in [2.05, 4.69) is 31.9 Å². The maximum absolute atomic E-state index is 14.4. The zero-order valence-corrected chi connectivity index (χ0v) is 74.5. The van der Waals surface area contributed by atoms with E-state index in [0.29, 0.717) is 96.3 Å². The average Bonchev–Trinajstić information content (AvgIpc) is 0.794. The normalized spacial score (nSPS) is 24.3. The number of rotatable bonds is 58. The molecule has 0 spiro atoms. The van der Waals surface area contributed by atoms with E-state index in [0.717, 1.165) is 41.5 Å². The van der Waals surface area contributed by atoms with Gasteiger partial charge in [0, 0.05) is 174 Å². The van der Waals surface area contributed by atoms with E-state index >= 15 is 0 Å². The van der Waals surface area contributed by atoms with E-state index in [1.54, 1.807) is 13.1 Å². The van der Waals surface area contributed by atoms with Crippen molar-refractivity contribution < 1.29 is 172 Å². The van der Waals surface area contributed by atoms with Gasteiger partial charge in [-0.3, -0.25) is 81.5 Å². The molecule has 3 aliphatic heterocycles. The fourth-order valence-corrected chi connectivity index (χ4v) is 14.2. The number of esters is 9. The number of unbranched alkanes of at least 4 members (excludes halogenated alkanes) is 11. The molecule has 1 aliphatic carbocycles. The van der Waals surface area contributed by atoms with Crippen molar-refractivity contribution in [3.8, 4) is 0 Å². The number of amides is 7. The number of carbonyl (C=O) groups is 17. The Kier molecular flexibility index (Phi) is 51.3. The van der Waals surface area contributed by atoms with Gasteiger partial charge in [0.1, 0.15) is 68.5 Å². The molecule has 0 aromatic rings. The molecule has 0 bridgehead atoms. The van der Waals surface area contributed by atoms with Crippen molar-refractivity contribution in [1.29, 1.82) is 0 Å². The van der Waals surface area contributed by atoms with Gasteiger partial charge in [0.2, 0.25) is 41.4 Å². The molecule has 714 valence electrons. The van der Waals surface area contributed by atoms with Crippen LogP contribution in [0.4, 0.5) is 0 Å². The Morgan fingerprint density at radius 3 is 0.976 bits per heavy atom. The van der Waals surface area contributed by atoms with Gasteiger partial charge in [0.15, 0.2) is 55.5 Å². The number of hydrogen-bond donors (Lipinski definition) is 7. The fraction of sp³-hybridized carbons (Fsp3) is 0.771. The smallest absolute Gasteiger partial charge is 0.303 e. The first kappa shape index (κ1) is 109. The van der Waals surface area contributed by atoms with Gasteiger partial charge in [-0.2, -0.15) is 0 Å². The van der Waals surface area contributed by atoms with E-state index in [9.17, 15) is 86.6 Å². The quantitative estimate of drug-likeness (QED) is 0.0259. The number of nitrogens with one attached hydrogen (secondary N) is 6. The van der Waals surface area contributed by atoms with Gasteiger partial charge in [0.05, 0.1) is 25.9 Å². The van der Waals surface area contributed by atoms with Crippen molar-refractivity contribution in [3.63, 3.8) is 0 Å². The van der Waals surface area contributed by atoms with Gasteiger partial charge in [-0.1, -0.05) is 44.9 Å². The molecule has 3 saturated heterocycles. The first-order valence-corrected chi connectivity index (χ1v) is 42.7. The molecule has 7 N–H and O–H groups in total. The largest absolute Gasteiger partial charge is 0.481 e. The third-order valence-corrected chi connectivity index (χ3v) is 19.7. The van der Waals surface area contributed by atoms with Crippen LogP contribution in [0.15, 0.2) is 11.6 Å². The molecule has 3 fully saturated rings. The molecule has 126 heavy (non-hydrogen) atoms. The highest BCUT2D eigenvalue weighted by Crippen LogP contribution is 2.34. The van der Waals surface area contributed by atoms with Crippen LogP contribution >= 0.6 is 0 Å². The van der Waals surface area contributed by atoms with Crippen LogP contribution in [0.3, 0.4) is 0 Å². The molecule has 4 aliphatic rings. The maximum atomic E-state index is 14.4. The molecule has 18 atom stereocenters. The molecule has 0 aromatic carbocycles. The topological polar surface area (TPSA) is 552 Å². The predicted molar refractivity (Wildman–Crippen MR) is 434 cm³/mol. The van der Waals surface area contributed by atoms with Crippen molar-refractivity contribution in [2.24, 2.45) is 0 Å². The molecular weight excluding hydrogens is 1670 g/mol. The molecule has 0 radical (unpaired) electrons. The Labute approximate surface area is 733 Å². The van der Waals surface area contributed by atoms with Crippen LogP contribution in [0.1, 0.15) is 212 Å². The van der Waals surface area contributed by atoms with E-state index < -0.39 is 213 Å². The first-order chi connectivity index (χ1) is 59.8. The summed E-state index contributed by atoms with van der Waals surface area (Å²) in [5.74, 6) is -10.6. The number of carboxylic acids is 1. The molecular formula is C83H131N7O36. The zero-order valence-electron chi connectivity index (χ0n) is 74.5. The number of ether oxygens (including phenoxy) is 18. The summed E-state index contributed by atoms with van der Waals surface area (Å²) >= 11 is 0. The van der Waals surface area contributed by atoms with Gasteiger partial charge in [-0.25, -0.2) is 0 Å². The monoisotopic (exact) mass is 1800 g/mol. The minimum atomic E-state index is -1.29. The van der Waals surface area contributed by atoms with E-state index in [1.807, 2.05) is 0 Å². The second-order valence-electron chi connectivity index (χ2n) is 30.7. The van der Waals surface area contributed by atoms with Gasteiger partial charge < -0.3 is 127 Å². The maximum Gasteiger partial charge on any atom is 0.303 e. The third kappa shape index (κ3) is 43.2. The van der Waals surface area contributed by atoms with Crippen molar-refractivity contribution >= 4 is 101 Å². The Bertz CT molecular complexity index is 3570. The fourth-order valence-electron chi connectivity index (χ4n) is 14.2. The molecule has 43 nitrogen and oxygen atoms in total. The number of carboxylic acid groups (broad SMARTS) is 1. The SMILES string of the molecule is CC(=O)N[C@H]1[C@H](OCCCCCCNC(=O)CCO[C@@H]2[C@H](OCCC(=O)NCCCCCCO[C@@H]3O[C@H](COC(C)=O)[C@H](OC(C)=O)[C@H](OC(C)=O)[C@H]3NC(C)=O)C=C(C(=O)N(C)CCCCCC(=O)O)C[C@H]2OCCC(=O)NCCCCCCOC2O[C@H](COC(C)=O)[C@H](OC(C)=O)[C@H](OC(C)=O)[C@H]2NC(C)=O)O[C@H](COC(C)=O)[C@H](OC(C)=O)[C@@H]1OC(C)=O. The Hall–Kier alpha value is -9.63. The van der Waals surface area contributed by atoms with Crippen LogP contribution in [0, 0.1) is 0 Å². The first-order valence-electron chi connectivity index (χ1n) is 42.7. The van der Waals surface area contributed by atoms with Crippen LogP contribution in [-0.2, 0) is 167 Å². The van der Waals surface area contributed by atoms with Gasteiger partial charge in [0.25, 0.3) is 0 Å². The molecule has 7 amide bonds. The molecule has 0 saturated carbocycles. The summed E-state index contributed by atoms with van der Waals surface area (Å²) in [5, 5.41) is 25.9. The highest BCUT2D eigenvalue weighted by molar-refractivity contribution is 5.93. The lowest BCUT2D eigenvalue weighted by Gasteiger charge is -2.44. The third-order valence-electron chi connectivity index (χ3n) is 19.7. The van der Waals surface area contributed by atoms with Crippen LogP contribution in [0.25, 0.3) is 0 Å². The highest BCUT2D eigenvalue weighted by atomic mass is 16.7. The van der Waals surface area contributed by atoms with Crippen molar-refractivity contribution in [3.05, 3.63) is 11.6 Å². The Morgan fingerprint density at radius 1 is 0.349 bits per heavy atom. The molecule has 4 rings (SSSR count). The summed E-state index contributed by atoms with van der Waals surface area (Å²) in [6.45, 7) is 13.5. The highest BCUT2D eigenvalue weighted by Gasteiger charge is 2.55. The van der Waals surface area contributed by atoms with Crippen LogP contribution in [0.2, 0.25) is 0 Å². The van der Waals surface area contributed by atoms with Crippen LogP contribution in [0.5, 0.6) is 0 Å². The second-order valence-corrected chi connectivity index (χ2v) is 30.7. The summed E-state index contributed by atoms with van der Waals surface area (Å²) in [6, 6.07) is -3.43. The predicted octanol–water partition coefficient (Wildman–Crippen LogP) is 1.79. The van der Waals surface area contributed by atoms with Crippen LogP contribution < -0.4 is 31.9 Å². The molecule has 0 aromatic heterocycles. The minimum Gasteiger partial charge on any atom is -0.481 e. The lowest BCUT2D eigenvalue weighted by Crippen LogP contribution is -2.66. The Balaban J connectivity index is 1.44. The molecule has 1 unspecified atom stereocenters. The summed E-state index contributed by atoms with van der Waals surface area (Å²) in [5.41, 5.74) is 0.262. The zero-order chi connectivity index (χ0) is 93.4. The lowest BCUT2D eigenvalue weighted by atomic mass is 9.90. The molecule has 3 heterocycles. The van der Waals surface area contributed by atoms with Gasteiger partial charge in [-0.05, 0) is 57.4 Å². The number of aliphatic carboxylic acids is 1. The molecule has 43 heteroatoms. The summed E-state index contributed by atoms with van der Waals surface area (Å²) in [4.78, 5) is 214. The van der Waals surface area contributed by atoms with Crippen molar-refractivity contribution in [2.75, 3.05) is 92.7 Å². The number of nitrogens with zero attached hydrogens (tertiary/aromatic N) is 1. The number of likely N-dealkylation sites (N-methyl/N-ethyl adjacent to an activating group) is 1. The van der Waals surface area contributed by atoms with E-state index in [-0.39, 0.29) is 121 Å². The lowest BCUT2D eigenvalue weighted by molar-refractivity contribution is -0.277. The summed E-state index contributed by atoms with van der Waals surface area (Å²) in [6.07, 6.45) is -8.84.